The molecule has 152 valence electrons. The van der Waals surface area contributed by atoms with E-state index in [0.717, 1.165) is 10.6 Å². The van der Waals surface area contributed by atoms with Gasteiger partial charge in [0.2, 0.25) is 11.3 Å². The van der Waals surface area contributed by atoms with Crippen molar-refractivity contribution in [2.24, 2.45) is 5.73 Å². The van der Waals surface area contributed by atoms with Crippen molar-refractivity contribution in [3.8, 4) is 0 Å². The normalized spacial score (nSPS) is 13.5. The van der Waals surface area contributed by atoms with Gasteiger partial charge in [-0.2, -0.15) is 18.2 Å². The van der Waals surface area contributed by atoms with Crippen LogP contribution < -0.4 is 5.73 Å². The standard InChI is InChI=1S/C16H11F6N7/c17-9-6-11(19)10(18)4-7(9)3-8(23)5-12-25-26-14-13-24-15(16(20,21)22)27-29(13)2-1-28(12)14/h1-2,4,6,8H,3,5,23H2/t8-/m1/s1. The highest BCUT2D eigenvalue weighted by atomic mass is 19.4. The Labute approximate surface area is 157 Å². The SMILES string of the molecule is N[C@H](Cc1cc(F)c(F)cc1F)Cc1nnc2c3nc(C(F)(F)F)nn3ccn12. The maximum Gasteiger partial charge on any atom is 0.453 e. The summed E-state index contributed by atoms with van der Waals surface area (Å²) in [5.41, 5.74) is 5.73. The fourth-order valence-electron chi connectivity index (χ4n) is 2.91. The van der Waals surface area contributed by atoms with Crippen molar-refractivity contribution in [1.82, 2.24) is 29.2 Å². The Balaban J connectivity index is 1.62. The van der Waals surface area contributed by atoms with Gasteiger partial charge in [-0.25, -0.2) is 17.7 Å². The minimum absolute atomic E-state index is 0.0247. The minimum Gasteiger partial charge on any atom is -0.327 e. The van der Waals surface area contributed by atoms with Crippen LogP contribution in [0.1, 0.15) is 17.2 Å². The van der Waals surface area contributed by atoms with E-state index in [1.165, 1.54) is 16.8 Å². The van der Waals surface area contributed by atoms with Gasteiger partial charge in [-0.3, -0.25) is 4.40 Å². The Morgan fingerprint density at radius 2 is 1.66 bits per heavy atom. The van der Waals surface area contributed by atoms with Crippen molar-refractivity contribution in [2.75, 3.05) is 0 Å². The second kappa shape index (κ2) is 6.69. The van der Waals surface area contributed by atoms with E-state index in [2.05, 4.69) is 20.3 Å². The first-order chi connectivity index (χ1) is 13.6. The molecule has 0 spiro atoms. The van der Waals surface area contributed by atoms with Crippen molar-refractivity contribution in [1.29, 1.82) is 0 Å². The first kappa shape index (κ1) is 19.1. The monoisotopic (exact) mass is 415 g/mol. The predicted octanol–water partition coefficient (Wildman–Crippen LogP) is 2.32. The number of halogens is 6. The highest BCUT2D eigenvalue weighted by Gasteiger charge is 2.36. The van der Waals surface area contributed by atoms with E-state index in [4.69, 9.17) is 5.73 Å². The summed E-state index contributed by atoms with van der Waals surface area (Å²) in [6.45, 7) is 0. The molecule has 1 aromatic carbocycles. The van der Waals surface area contributed by atoms with Crippen LogP contribution in [0.3, 0.4) is 0 Å². The lowest BCUT2D eigenvalue weighted by molar-refractivity contribution is -0.144. The summed E-state index contributed by atoms with van der Waals surface area (Å²) in [7, 11) is 0. The van der Waals surface area contributed by atoms with Gasteiger partial charge < -0.3 is 5.73 Å². The van der Waals surface area contributed by atoms with Crippen LogP contribution in [-0.2, 0) is 19.0 Å². The molecule has 0 fully saturated rings. The van der Waals surface area contributed by atoms with Crippen molar-refractivity contribution in [3.63, 3.8) is 0 Å². The summed E-state index contributed by atoms with van der Waals surface area (Å²) in [4.78, 5) is 3.45. The van der Waals surface area contributed by atoms with Gasteiger partial charge in [0.15, 0.2) is 11.6 Å². The molecule has 0 saturated heterocycles. The van der Waals surface area contributed by atoms with Crippen molar-refractivity contribution >= 4 is 11.3 Å². The summed E-state index contributed by atoms with van der Waals surface area (Å²) in [5.74, 6) is -4.49. The number of fused-ring (bicyclic) bond motifs is 3. The molecule has 0 aliphatic heterocycles. The van der Waals surface area contributed by atoms with E-state index in [9.17, 15) is 26.3 Å². The second-order valence-electron chi connectivity index (χ2n) is 6.34. The second-order valence-corrected chi connectivity index (χ2v) is 6.34. The van der Waals surface area contributed by atoms with Gasteiger partial charge in [-0.15, -0.1) is 15.3 Å². The lowest BCUT2D eigenvalue weighted by Gasteiger charge is -2.11. The van der Waals surface area contributed by atoms with Crippen LogP contribution in [0.4, 0.5) is 26.3 Å². The quantitative estimate of drug-likeness (QED) is 0.409. The summed E-state index contributed by atoms with van der Waals surface area (Å²) in [5, 5.41) is 11.1. The maximum absolute atomic E-state index is 13.8. The number of hydrogen-bond acceptors (Lipinski definition) is 5. The molecule has 0 aliphatic carbocycles. The number of alkyl halides is 3. The zero-order valence-corrected chi connectivity index (χ0v) is 14.3. The molecule has 13 heteroatoms. The van der Waals surface area contributed by atoms with E-state index >= 15 is 0 Å². The van der Waals surface area contributed by atoms with Crippen LogP contribution in [-0.4, -0.2) is 35.2 Å². The highest BCUT2D eigenvalue weighted by molar-refractivity contribution is 5.65. The Kier molecular flexibility index (Phi) is 4.41. The Bertz CT molecular complexity index is 1210. The van der Waals surface area contributed by atoms with Crippen LogP contribution >= 0.6 is 0 Å². The van der Waals surface area contributed by atoms with Gasteiger partial charge in [0, 0.05) is 30.9 Å². The van der Waals surface area contributed by atoms with Gasteiger partial charge in [-0.1, -0.05) is 0 Å². The smallest absolute Gasteiger partial charge is 0.327 e. The highest BCUT2D eigenvalue weighted by Crippen LogP contribution is 2.27. The first-order valence-corrected chi connectivity index (χ1v) is 8.18. The molecule has 0 aliphatic rings. The number of hydrogen-bond donors (Lipinski definition) is 1. The molecule has 0 amide bonds. The van der Waals surface area contributed by atoms with Gasteiger partial charge in [0.1, 0.15) is 11.6 Å². The van der Waals surface area contributed by atoms with Gasteiger partial charge >= 0.3 is 6.18 Å². The van der Waals surface area contributed by atoms with Crippen molar-refractivity contribution in [3.05, 3.63) is 59.2 Å². The zero-order valence-electron chi connectivity index (χ0n) is 14.3. The van der Waals surface area contributed by atoms with Crippen molar-refractivity contribution in [2.45, 2.75) is 25.1 Å². The molecular formula is C16H11F6N7. The minimum atomic E-state index is -4.72. The predicted molar refractivity (Wildman–Crippen MR) is 86.2 cm³/mol. The largest absolute Gasteiger partial charge is 0.453 e. The van der Waals surface area contributed by atoms with Gasteiger partial charge in [0.25, 0.3) is 5.82 Å². The Hall–Kier alpha value is -3.22. The summed E-state index contributed by atoms with van der Waals surface area (Å²) in [6, 6.07) is 0.413. The molecule has 4 aromatic rings. The summed E-state index contributed by atoms with van der Waals surface area (Å²) in [6.07, 6.45) is -2.17. The molecule has 4 rings (SSSR count). The molecular weight excluding hydrogens is 404 g/mol. The Morgan fingerprint density at radius 1 is 0.931 bits per heavy atom. The topological polar surface area (TPSA) is 86.4 Å². The van der Waals surface area contributed by atoms with Crippen LogP contribution in [0, 0.1) is 17.5 Å². The molecule has 7 nitrogen and oxygen atoms in total. The van der Waals surface area contributed by atoms with Gasteiger partial charge in [-0.05, 0) is 18.1 Å². The number of nitrogens with zero attached hydrogens (tertiary/aromatic N) is 6. The number of aromatic nitrogens is 6. The third kappa shape index (κ3) is 3.48. The zero-order chi connectivity index (χ0) is 20.9. The molecule has 3 heterocycles. The molecule has 1 atom stereocenters. The molecule has 0 bridgehead atoms. The van der Waals surface area contributed by atoms with Crippen LogP contribution in [0.2, 0.25) is 0 Å². The fourth-order valence-corrected chi connectivity index (χ4v) is 2.91. The number of rotatable bonds is 4. The molecule has 2 N–H and O–H groups in total. The fraction of sp³-hybridized carbons (Fsp3) is 0.250. The average Bonchev–Trinajstić information content (AvgIpc) is 3.23. The number of benzene rings is 1. The number of nitrogens with two attached hydrogens (primary N) is 1. The maximum atomic E-state index is 13.8. The van der Waals surface area contributed by atoms with E-state index in [-0.39, 0.29) is 35.5 Å². The van der Waals surface area contributed by atoms with E-state index < -0.39 is 35.5 Å². The molecule has 0 unspecified atom stereocenters. The Morgan fingerprint density at radius 3 is 2.38 bits per heavy atom. The average molecular weight is 415 g/mol. The third-order valence-electron chi connectivity index (χ3n) is 4.22. The molecule has 29 heavy (non-hydrogen) atoms. The third-order valence-corrected chi connectivity index (χ3v) is 4.22. The van der Waals surface area contributed by atoms with Crippen molar-refractivity contribution < 1.29 is 26.3 Å². The molecule has 0 radical (unpaired) electrons. The first-order valence-electron chi connectivity index (χ1n) is 8.18. The lowest BCUT2D eigenvalue weighted by atomic mass is 10.0. The molecule has 3 aromatic heterocycles. The lowest BCUT2D eigenvalue weighted by Crippen LogP contribution is -2.27. The molecule has 0 saturated carbocycles. The van der Waals surface area contributed by atoms with E-state index in [0.29, 0.717) is 6.07 Å². The van der Waals surface area contributed by atoms with Crippen LogP contribution in [0.5, 0.6) is 0 Å². The van der Waals surface area contributed by atoms with Crippen LogP contribution in [0.15, 0.2) is 24.5 Å². The summed E-state index contributed by atoms with van der Waals surface area (Å²) < 4.78 is 80.9. The van der Waals surface area contributed by atoms with E-state index in [1.807, 2.05) is 0 Å². The van der Waals surface area contributed by atoms with E-state index in [1.54, 1.807) is 0 Å². The van der Waals surface area contributed by atoms with Gasteiger partial charge in [0.05, 0.1) is 0 Å². The van der Waals surface area contributed by atoms with Crippen LogP contribution in [0.25, 0.3) is 11.3 Å². The summed E-state index contributed by atoms with van der Waals surface area (Å²) >= 11 is 0.